The molecule has 33 heavy (non-hydrogen) atoms. The summed E-state index contributed by atoms with van der Waals surface area (Å²) in [7, 11) is 1.61. The smallest absolute Gasteiger partial charge is 0.248 e. The second-order valence-electron chi connectivity index (χ2n) is 7.93. The van der Waals surface area contributed by atoms with E-state index in [0.717, 1.165) is 27.6 Å². The molecule has 1 N–H and O–H groups in total. The summed E-state index contributed by atoms with van der Waals surface area (Å²) in [5, 5.41) is 2.18. The molecule has 7 nitrogen and oxygen atoms in total. The summed E-state index contributed by atoms with van der Waals surface area (Å²) >= 11 is 0. The summed E-state index contributed by atoms with van der Waals surface area (Å²) in [6.07, 6.45) is -0.213. The molecule has 4 aromatic rings. The Morgan fingerprint density at radius 1 is 0.939 bits per heavy atom. The van der Waals surface area contributed by atoms with Crippen molar-refractivity contribution in [1.29, 1.82) is 0 Å². The molecule has 1 atom stereocenters. The van der Waals surface area contributed by atoms with Gasteiger partial charge in [-0.1, -0.05) is 36.4 Å². The third-order valence-corrected chi connectivity index (χ3v) is 5.82. The lowest BCUT2D eigenvalue weighted by molar-refractivity contribution is -0.150. The Morgan fingerprint density at radius 3 is 2.58 bits per heavy atom. The maximum atomic E-state index is 12.3. The van der Waals surface area contributed by atoms with E-state index in [2.05, 4.69) is 17.1 Å². The molecular formula is C26H26N2O5. The molecule has 0 bridgehead atoms. The average Bonchev–Trinajstić information content (AvgIpc) is 3.24. The maximum Gasteiger partial charge on any atom is 0.248 e. The van der Waals surface area contributed by atoms with Gasteiger partial charge in [0, 0.05) is 16.3 Å². The number of nitrogens with one attached hydrogen (secondary N) is 1. The Bertz CT molecular complexity index is 1270. The standard InChI is InChI=1S/C26H26N2O5/c1-30-22-10-4-5-11-23(22)31-14-13-28-15-18(32-17-25(28)29)16-33-24-12-6-9-21-26(24)19-7-2-3-8-20(19)27-21/h2-12,18,27H,13-17H2,1H3/t18-/m0/s1. The first-order valence-corrected chi connectivity index (χ1v) is 11.0. The number of ether oxygens (including phenoxy) is 4. The van der Waals surface area contributed by atoms with Gasteiger partial charge in [-0.3, -0.25) is 4.79 Å². The zero-order chi connectivity index (χ0) is 22.6. The van der Waals surface area contributed by atoms with Gasteiger partial charge in [0.1, 0.15) is 31.7 Å². The molecule has 0 saturated carbocycles. The second kappa shape index (κ2) is 9.42. The molecule has 0 aliphatic carbocycles. The van der Waals surface area contributed by atoms with Crippen molar-refractivity contribution in [3.63, 3.8) is 0 Å². The number of fused-ring (bicyclic) bond motifs is 3. The normalized spacial score (nSPS) is 16.3. The number of H-pyrrole nitrogens is 1. The zero-order valence-electron chi connectivity index (χ0n) is 18.5. The van der Waals surface area contributed by atoms with Gasteiger partial charge in [-0.05, 0) is 30.3 Å². The van der Waals surface area contributed by atoms with E-state index >= 15 is 0 Å². The molecule has 0 radical (unpaired) electrons. The molecule has 7 heteroatoms. The minimum atomic E-state index is -0.213. The summed E-state index contributed by atoms with van der Waals surface area (Å²) in [6.45, 7) is 1.69. The average molecular weight is 447 g/mol. The van der Waals surface area contributed by atoms with Crippen molar-refractivity contribution in [2.45, 2.75) is 6.10 Å². The molecular weight excluding hydrogens is 420 g/mol. The first kappa shape index (κ1) is 21.2. The Kier molecular flexibility index (Phi) is 6.04. The van der Waals surface area contributed by atoms with Crippen molar-refractivity contribution in [3.8, 4) is 17.2 Å². The molecule has 1 fully saturated rings. The SMILES string of the molecule is COc1ccccc1OCCN1C[C@@H](COc2cccc3[nH]c4ccccc4c23)OCC1=O. The van der Waals surface area contributed by atoms with Gasteiger partial charge in [0.15, 0.2) is 11.5 Å². The number of hydrogen-bond acceptors (Lipinski definition) is 5. The molecule has 1 saturated heterocycles. The van der Waals surface area contributed by atoms with Crippen molar-refractivity contribution in [1.82, 2.24) is 9.88 Å². The van der Waals surface area contributed by atoms with E-state index in [4.69, 9.17) is 18.9 Å². The highest BCUT2D eigenvalue weighted by Crippen LogP contribution is 2.33. The number of nitrogens with zero attached hydrogens (tertiary/aromatic N) is 1. The zero-order valence-corrected chi connectivity index (χ0v) is 18.5. The highest BCUT2D eigenvalue weighted by Gasteiger charge is 2.27. The molecule has 2 heterocycles. The fraction of sp³-hybridized carbons (Fsp3) is 0.269. The fourth-order valence-corrected chi connectivity index (χ4v) is 4.17. The van der Waals surface area contributed by atoms with E-state index in [-0.39, 0.29) is 18.6 Å². The summed E-state index contributed by atoms with van der Waals surface area (Å²) in [5.74, 6) is 2.08. The Morgan fingerprint density at radius 2 is 1.70 bits per heavy atom. The van der Waals surface area contributed by atoms with E-state index in [1.807, 2.05) is 54.6 Å². The number of aromatic amines is 1. The summed E-state index contributed by atoms with van der Waals surface area (Å²) in [5.41, 5.74) is 2.10. The van der Waals surface area contributed by atoms with Crippen LogP contribution in [-0.2, 0) is 9.53 Å². The summed E-state index contributed by atoms with van der Waals surface area (Å²) in [6, 6.07) is 21.6. The van der Waals surface area contributed by atoms with Gasteiger partial charge in [0.25, 0.3) is 0 Å². The van der Waals surface area contributed by atoms with Crippen molar-refractivity contribution < 1.29 is 23.7 Å². The van der Waals surface area contributed by atoms with Crippen LogP contribution in [-0.4, -0.2) is 61.9 Å². The van der Waals surface area contributed by atoms with Gasteiger partial charge >= 0.3 is 0 Å². The van der Waals surface area contributed by atoms with Crippen molar-refractivity contribution in [3.05, 3.63) is 66.7 Å². The minimum absolute atomic E-state index is 0.0416. The molecule has 0 unspecified atom stereocenters. The maximum absolute atomic E-state index is 12.3. The minimum Gasteiger partial charge on any atom is -0.493 e. The fourth-order valence-electron chi connectivity index (χ4n) is 4.17. The predicted molar refractivity (Wildman–Crippen MR) is 126 cm³/mol. The van der Waals surface area contributed by atoms with Crippen LogP contribution >= 0.6 is 0 Å². The number of rotatable bonds is 8. The number of amides is 1. The molecule has 5 rings (SSSR count). The van der Waals surface area contributed by atoms with Crippen molar-refractivity contribution >= 4 is 27.7 Å². The monoisotopic (exact) mass is 446 g/mol. The lowest BCUT2D eigenvalue weighted by atomic mass is 10.1. The Hall–Kier alpha value is -3.71. The number of morpholine rings is 1. The van der Waals surface area contributed by atoms with Crippen LogP contribution in [0, 0.1) is 0 Å². The van der Waals surface area contributed by atoms with Crippen LogP contribution < -0.4 is 14.2 Å². The van der Waals surface area contributed by atoms with Gasteiger partial charge in [0.2, 0.25) is 5.91 Å². The number of methoxy groups -OCH3 is 1. The lowest BCUT2D eigenvalue weighted by Crippen LogP contribution is -2.49. The van der Waals surface area contributed by atoms with Crippen LogP contribution in [0.15, 0.2) is 66.7 Å². The molecule has 1 aliphatic heterocycles. The molecule has 1 aliphatic rings. The Balaban J connectivity index is 1.21. The predicted octanol–water partition coefficient (Wildman–Crippen LogP) is 4.01. The van der Waals surface area contributed by atoms with E-state index < -0.39 is 0 Å². The molecule has 1 amide bonds. The quantitative estimate of drug-likeness (QED) is 0.443. The first-order chi connectivity index (χ1) is 16.2. The third kappa shape index (κ3) is 4.45. The van der Waals surface area contributed by atoms with Crippen LogP contribution in [0.2, 0.25) is 0 Å². The number of hydrogen-bond donors (Lipinski definition) is 1. The largest absolute Gasteiger partial charge is 0.493 e. The number of benzene rings is 3. The third-order valence-electron chi connectivity index (χ3n) is 5.82. The van der Waals surface area contributed by atoms with Crippen LogP contribution in [0.3, 0.4) is 0 Å². The first-order valence-electron chi connectivity index (χ1n) is 11.0. The van der Waals surface area contributed by atoms with E-state index in [0.29, 0.717) is 37.8 Å². The lowest BCUT2D eigenvalue weighted by Gasteiger charge is -2.32. The van der Waals surface area contributed by atoms with E-state index in [1.165, 1.54) is 0 Å². The number of aromatic nitrogens is 1. The number of carbonyl (C=O) groups excluding carboxylic acids is 1. The van der Waals surface area contributed by atoms with Crippen LogP contribution in [0.4, 0.5) is 0 Å². The van der Waals surface area contributed by atoms with Crippen LogP contribution in [0.1, 0.15) is 0 Å². The van der Waals surface area contributed by atoms with E-state index in [9.17, 15) is 4.79 Å². The van der Waals surface area contributed by atoms with Crippen LogP contribution in [0.25, 0.3) is 21.8 Å². The van der Waals surface area contributed by atoms with Crippen molar-refractivity contribution in [2.75, 3.05) is 40.0 Å². The number of para-hydroxylation sites is 3. The Labute approximate surface area is 191 Å². The topological polar surface area (TPSA) is 73.0 Å². The number of carbonyl (C=O) groups is 1. The van der Waals surface area contributed by atoms with Gasteiger partial charge in [0.05, 0.1) is 25.7 Å². The van der Waals surface area contributed by atoms with Gasteiger partial charge < -0.3 is 28.8 Å². The van der Waals surface area contributed by atoms with Crippen molar-refractivity contribution in [2.24, 2.45) is 0 Å². The molecule has 0 spiro atoms. The summed E-state index contributed by atoms with van der Waals surface area (Å²) in [4.78, 5) is 17.5. The van der Waals surface area contributed by atoms with E-state index in [1.54, 1.807) is 12.0 Å². The second-order valence-corrected chi connectivity index (χ2v) is 7.93. The highest BCUT2D eigenvalue weighted by atomic mass is 16.5. The van der Waals surface area contributed by atoms with Gasteiger partial charge in [-0.25, -0.2) is 0 Å². The highest BCUT2D eigenvalue weighted by molar-refractivity contribution is 6.10. The summed E-state index contributed by atoms with van der Waals surface area (Å²) < 4.78 is 23.1. The van der Waals surface area contributed by atoms with Gasteiger partial charge in [-0.15, -0.1) is 0 Å². The van der Waals surface area contributed by atoms with Gasteiger partial charge in [-0.2, -0.15) is 0 Å². The molecule has 3 aromatic carbocycles. The van der Waals surface area contributed by atoms with Crippen LogP contribution in [0.5, 0.6) is 17.2 Å². The molecule has 1 aromatic heterocycles. The molecule has 170 valence electrons.